The molecule has 0 aliphatic heterocycles. The average Bonchev–Trinajstić information content (AvgIpc) is 3.06. The van der Waals surface area contributed by atoms with Crippen molar-refractivity contribution in [3.05, 3.63) is 54.0 Å². The SMILES string of the molecule is CCn1cc(Cn2ccc3cc(C#N)ccc32)cn1. The summed E-state index contributed by atoms with van der Waals surface area (Å²) >= 11 is 0. The van der Waals surface area contributed by atoms with Gasteiger partial charge in [0.2, 0.25) is 0 Å². The van der Waals surface area contributed by atoms with Gasteiger partial charge in [-0.15, -0.1) is 0 Å². The lowest BCUT2D eigenvalue weighted by molar-refractivity contribution is 0.658. The Hall–Kier alpha value is -2.54. The predicted octanol–water partition coefficient (Wildman–Crippen LogP) is 2.78. The summed E-state index contributed by atoms with van der Waals surface area (Å²) in [6, 6.07) is 9.98. The zero-order chi connectivity index (χ0) is 13.2. The first-order valence-corrected chi connectivity index (χ1v) is 6.30. The van der Waals surface area contributed by atoms with Crippen LogP contribution in [0, 0.1) is 11.3 Å². The van der Waals surface area contributed by atoms with E-state index >= 15 is 0 Å². The molecule has 0 radical (unpaired) electrons. The molecule has 0 aliphatic carbocycles. The topological polar surface area (TPSA) is 46.5 Å². The summed E-state index contributed by atoms with van der Waals surface area (Å²) in [7, 11) is 0. The molecule has 3 rings (SSSR count). The van der Waals surface area contributed by atoms with Crippen LogP contribution >= 0.6 is 0 Å². The van der Waals surface area contributed by atoms with Crippen molar-refractivity contribution in [2.24, 2.45) is 0 Å². The Morgan fingerprint density at radius 3 is 2.95 bits per heavy atom. The molecule has 0 saturated carbocycles. The van der Waals surface area contributed by atoms with Crippen molar-refractivity contribution in [3.8, 4) is 6.07 Å². The molecule has 0 spiro atoms. The van der Waals surface area contributed by atoms with Crippen LogP contribution in [0.1, 0.15) is 18.1 Å². The van der Waals surface area contributed by atoms with E-state index in [1.165, 1.54) is 5.56 Å². The van der Waals surface area contributed by atoms with Gasteiger partial charge in [-0.2, -0.15) is 10.4 Å². The maximum absolute atomic E-state index is 8.90. The Kier molecular flexibility index (Phi) is 2.81. The van der Waals surface area contributed by atoms with Crippen molar-refractivity contribution in [1.82, 2.24) is 14.3 Å². The molecule has 2 aromatic heterocycles. The van der Waals surface area contributed by atoms with Crippen molar-refractivity contribution in [1.29, 1.82) is 5.26 Å². The van der Waals surface area contributed by atoms with Crippen LogP contribution in [-0.4, -0.2) is 14.3 Å². The third-order valence-corrected chi connectivity index (χ3v) is 3.26. The van der Waals surface area contributed by atoms with Crippen molar-refractivity contribution >= 4 is 10.9 Å². The molecule has 0 amide bonds. The highest BCUT2D eigenvalue weighted by atomic mass is 15.3. The monoisotopic (exact) mass is 250 g/mol. The molecule has 4 nitrogen and oxygen atoms in total. The number of hydrogen-bond donors (Lipinski definition) is 0. The summed E-state index contributed by atoms with van der Waals surface area (Å²) in [5, 5.41) is 14.3. The number of nitrogens with zero attached hydrogens (tertiary/aromatic N) is 4. The summed E-state index contributed by atoms with van der Waals surface area (Å²) in [6.45, 7) is 3.76. The van der Waals surface area contributed by atoms with Crippen LogP contribution in [0.3, 0.4) is 0 Å². The summed E-state index contributed by atoms with van der Waals surface area (Å²) in [5.41, 5.74) is 3.02. The molecule has 3 aromatic rings. The molecule has 1 aromatic carbocycles. The third-order valence-electron chi connectivity index (χ3n) is 3.26. The van der Waals surface area contributed by atoms with E-state index in [1.54, 1.807) is 0 Å². The van der Waals surface area contributed by atoms with Gasteiger partial charge in [-0.05, 0) is 31.2 Å². The number of benzene rings is 1. The summed E-state index contributed by atoms with van der Waals surface area (Å²) in [5.74, 6) is 0. The largest absolute Gasteiger partial charge is 0.343 e. The molecule has 0 unspecified atom stereocenters. The van der Waals surface area contributed by atoms with E-state index in [0.717, 1.165) is 24.0 Å². The first-order chi connectivity index (χ1) is 9.30. The van der Waals surface area contributed by atoms with E-state index in [9.17, 15) is 0 Å². The second-order valence-corrected chi connectivity index (χ2v) is 4.53. The normalized spacial score (nSPS) is 10.7. The van der Waals surface area contributed by atoms with Crippen LogP contribution in [0.2, 0.25) is 0 Å². The summed E-state index contributed by atoms with van der Waals surface area (Å²) in [4.78, 5) is 0. The second-order valence-electron chi connectivity index (χ2n) is 4.53. The van der Waals surface area contributed by atoms with Gasteiger partial charge in [-0.1, -0.05) is 0 Å². The maximum Gasteiger partial charge on any atom is 0.0991 e. The van der Waals surface area contributed by atoms with Crippen LogP contribution in [0.5, 0.6) is 0 Å². The highest BCUT2D eigenvalue weighted by molar-refractivity contribution is 5.81. The minimum absolute atomic E-state index is 0.698. The van der Waals surface area contributed by atoms with Gasteiger partial charge >= 0.3 is 0 Å². The van der Waals surface area contributed by atoms with Crippen LogP contribution in [0.4, 0.5) is 0 Å². The van der Waals surface area contributed by atoms with Crippen LogP contribution < -0.4 is 0 Å². The van der Waals surface area contributed by atoms with Crippen molar-refractivity contribution < 1.29 is 0 Å². The van der Waals surface area contributed by atoms with Gasteiger partial charge in [0.25, 0.3) is 0 Å². The molecular weight excluding hydrogens is 236 g/mol. The van der Waals surface area contributed by atoms with Crippen LogP contribution in [0.25, 0.3) is 10.9 Å². The van der Waals surface area contributed by atoms with Gasteiger partial charge in [-0.25, -0.2) is 0 Å². The predicted molar refractivity (Wildman–Crippen MR) is 73.7 cm³/mol. The van der Waals surface area contributed by atoms with Gasteiger partial charge < -0.3 is 4.57 Å². The molecule has 0 aliphatic rings. The Morgan fingerprint density at radius 1 is 1.32 bits per heavy atom. The molecular formula is C15H14N4. The number of fused-ring (bicyclic) bond motifs is 1. The summed E-state index contributed by atoms with van der Waals surface area (Å²) in [6.07, 6.45) is 6.02. The second kappa shape index (κ2) is 4.62. The maximum atomic E-state index is 8.90. The molecule has 0 saturated heterocycles. The van der Waals surface area contributed by atoms with Crippen LogP contribution in [0.15, 0.2) is 42.9 Å². The highest BCUT2D eigenvalue weighted by Crippen LogP contribution is 2.18. The Bertz CT molecular complexity index is 758. The zero-order valence-electron chi connectivity index (χ0n) is 10.7. The highest BCUT2D eigenvalue weighted by Gasteiger charge is 2.04. The van der Waals surface area contributed by atoms with Gasteiger partial charge in [0.15, 0.2) is 0 Å². The van der Waals surface area contributed by atoms with Gasteiger partial charge in [0.05, 0.1) is 24.4 Å². The fourth-order valence-corrected chi connectivity index (χ4v) is 2.27. The Balaban J connectivity index is 1.95. The number of aryl methyl sites for hydroxylation is 1. The standard InChI is InChI=1S/C15H14N4/c1-2-19-11-13(9-17-19)10-18-6-5-14-7-12(8-16)3-4-15(14)18/h3-7,9,11H,2,10H2,1H3. The van der Waals surface area contributed by atoms with Crippen molar-refractivity contribution in [3.63, 3.8) is 0 Å². The fourth-order valence-electron chi connectivity index (χ4n) is 2.27. The van der Waals surface area contributed by atoms with E-state index in [0.29, 0.717) is 5.56 Å². The lowest BCUT2D eigenvalue weighted by atomic mass is 10.2. The first kappa shape index (κ1) is 11.5. The molecule has 94 valence electrons. The van der Waals surface area contributed by atoms with E-state index in [2.05, 4.69) is 35.1 Å². The lowest BCUT2D eigenvalue weighted by Crippen LogP contribution is -1.97. The molecule has 2 heterocycles. The van der Waals surface area contributed by atoms with E-state index in [-0.39, 0.29) is 0 Å². The van der Waals surface area contributed by atoms with E-state index in [4.69, 9.17) is 5.26 Å². The van der Waals surface area contributed by atoms with Gasteiger partial charge in [-0.3, -0.25) is 4.68 Å². The van der Waals surface area contributed by atoms with Crippen molar-refractivity contribution in [2.75, 3.05) is 0 Å². The number of rotatable bonds is 3. The number of aromatic nitrogens is 3. The Morgan fingerprint density at radius 2 is 2.21 bits per heavy atom. The van der Waals surface area contributed by atoms with E-state index in [1.807, 2.05) is 35.1 Å². The number of hydrogen-bond acceptors (Lipinski definition) is 2. The average molecular weight is 250 g/mol. The molecule has 0 fully saturated rings. The lowest BCUT2D eigenvalue weighted by Gasteiger charge is -2.03. The van der Waals surface area contributed by atoms with Gasteiger partial charge in [0.1, 0.15) is 0 Å². The molecule has 0 N–H and O–H groups in total. The van der Waals surface area contributed by atoms with E-state index < -0.39 is 0 Å². The number of nitriles is 1. The molecule has 19 heavy (non-hydrogen) atoms. The fraction of sp³-hybridized carbons (Fsp3) is 0.200. The minimum atomic E-state index is 0.698. The summed E-state index contributed by atoms with van der Waals surface area (Å²) < 4.78 is 4.10. The van der Waals surface area contributed by atoms with Gasteiger partial charge in [0, 0.05) is 35.4 Å². The quantitative estimate of drug-likeness (QED) is 0.717. The molecule has 0 bridgehead atoms. The first-order valence-electron chi connectivity index (χ1n) is 6.30. The van der Waals surface area contributed by atoms with Crippen LogP contribution in [-0.2, 0) is 13.1 Å². The third kappa shape index (κ3) is 2.11. The zero-order valence-corrected chi connectivity index (χ0v) is 10.7. The molecule has 4 heteroatoms. The Labute approximate surface area is 111 Å². The minimum Gasteiger partial charge on any atom is -0.343 e. The van der Waals surface area contributed by atoms with Crippen molar-refractivity contribution in [2.45, 2.75) is 20.0 Å². The smallest absolute Gasteiger partial charge is 0.0991 e. The molecule has 0 atom stereocenters.